The van der Waals surface area contributed by atoms with Crippen molar-refractivity contribution in [3.05, 3.63) is 63.6 Å². The summed E-state index contributed by atoms with van der Waals surface area (Å²) in [6.45, 7) is 6.60. The molecule has 0 fully saturated rings. The van der Waals surface area contributed by atoms with Crippen LogP contribution in [0.5, 0.6) is 0 Å². The number of hydrogen-bond donors (Lipinski definition) is 1. The molecule has 136 valence electrons. The molecule has 2 amide bonds. The fourth-order valence-electron chi connectivity index (χ4n) is 3.30. The zero-order chi connectivity index (χ0) is 18.8. The fourth-order valence-corrected chi connectivity index (χ4v) is 3.55. The monoisotopic (exact) mass is 414 g/mol. The zero-order valence-corrected chi connectivity index (χ0v) is 16.8. The maximum Gasteiger partial charge on any atom is 0.255 e. The van der Waals surface area contributed by atoms with E-state index >= 15 is 0 Å². The maximum absolute atomic E-state index is 13.0. The Morgan fingerprint density at radius 1 is 1.23 bits per heavy atom. The van der Waals surface area contributed by atoms with Gasteiger partial charge in [-0.15, -0.1) is 0 Å². The number of amides is 2. The molecule has 2 aromatic rings. The van der Waals surface area contributed by atoms with Gasteiger partial charge >= 0.3 is 0 Å². The van der Waals surface area contributed by atoms with E-state index in [-0.39, 0.29) is 11.8 Å². The van der Waals surface area contributed by atoms with Gasteiger partial charge in [0.2, 0.25) is 5.91 Å². The molecule has 1 atom stereocenters. The van der Waals surface area contributed by atoms with Gasteiger partial charge in [0.15, 0.2) is 0 Å². The molecular weight excluding hydrogens is 392 g/mol. The molecule has 0 spiro atoms. The van der Waals surface area contributed by atoms with Crippen LogP contribution in [0.15, 0.2) is 46.9 Å². The van der Waals surface area contributed by atoms with Crippen LogP contribution >= 0.6 is 15.9 Å². The Morgan fingerprint density at radius 2 is 1.96 bits per heavy atom. The second-order valence-corrected chi connectivity index (χ2v) is 8.04. The van der Waals surface area contributed by atoms with E-state index in [1.54, 1.807) is 4.90 Å². The normalized spacial score (nSPS) is 14.5. The standard InChI is InChI=1S/C21H23BrN2O2/c1-13(2)10-19(20(25)23-16-8-9-18(22)14(3)11-16)24-12-15-6-4-5-7-17(15)21(24)26/h4-9,11,13,19H,10,12H2,1-3H3,(H,23,25). The van der Waals surface area contributed by atoms with Crippen molar-refractivity contribution >= 4 is 33.4 Å². The number of hydrogen-bond acceptors (Lipinski definition) is 2. The molecule has 0 aromatic heterocycles. The molecule has 2 aromatic carbocycles. The molecule has 0 bridgehead atoms. The molecule has 1 heterocycles. The van der Waals surface area contributed by atoms with Crippen LogP contribution in [0.2, 0.25) is 0 Å². The predicted molar refractivity (Wildman–Crippen MR) is 107 cm³/mol. The van der Waals surface area contributed by atoms with E-state index in [9.17, 15) is 9.59 Å². The molecule has 1 aliphatic heterocycles. The van der Waals surface area contributed by atoms with Crippen molar-refractivity contribution in [2.75, 3.05) is 5.32 Å². The Kier molecular flexibility index (Phi) is 5.47. The van der Waals surface area contributed by atoms with Crippen molar-refractivity contribution in [1.82, 2.24) is 4.90 Å². The van der Waals surface area contributed by atoms with Crippen molar-refractivity contribution < 1.29 is 9.59 Å². The van der Waals surface area contributed by atoms with E-state index in [1.165, 1.54) is 0 Å². The molecule has 0 radical (unpaired) electrons. The van der Waals surface area contributed by atoms with Crippen LogP contribution in [0.25, 0.3) is 0 Å². The Balaban J connectivity index is 1.83. The van der Waals surface area contributed by atoms with Crippen LogP contribution in [0, 0.1) is 12.8 Å². The largest absolute Gasteiger partial charge is 0.324 e. The highest BCUT2D eigenvalue weighted by molar-refractivity contribution is 9.10. The molecule has 4 nitrogen and oxygen atoms in total. The summed E-state index contributed by atoms with van der Waals surface area (Å²) in [6, 6.07) is 12.8. The number of nitrogens with zero attached hydrogens (tertiary/aromatic N) is 1. The van der Waals surface area contributed by atoms with Crippen LogP contribution in [0.1, 0.15) is 41.8 Å². The minimum absolute atomic E-state index is 0.0617. The van der Waals surface area contributed by atoms with Gasteiger partial charge in [-0.3, -0.25) is 9.59 Å². The highest BCUT2D eigenvalue weighted by atomic mass is 79.9. The third-order valence-corrected chi connectivity index (χ3v) is 5.54. The first-order chi connectivity index (χ1) is 12.4. The van der Waals surface area contributed by atoms with E-state index in [0.29, 0.717) is 24.4 Å². The van der Waals surface area contributed by atoms with Gasteiger partial charge in [0.1, 0.15) is 6.04 Å². The van der Waals surface area contributed by atoms with Crippen molar-refractivity contribution in [2.45, 2.75) is 39.8 Å². The summed E-state index contributed by atoms with van der Waals surface area (Å²) in [5, 5.41) is 2.99. The van der Waals surface area contributed by atoms with Crippen molar-refractivity contribution in [2.24, 2.45) is 5.92 Å². The third kappa shape index (κ3) is 3.83. The molecule has 1 aliphatic rings. The van der Waals surface area contributed by atoms with E-state index in [2.05, 4.69) is 35.1 Å². The number of aryl methyl sites for hydroxylation is 1. The number of benzene rings is 2. The molecular formula is C21H23BrN2O2. The van der Waals surface area contributed by atoms with Gasteiger partial charge in [0.05, 0.1) is 0 Å². The van der Waals surface area contributed by atoms with Gasteiger partial charge in [0.25, 0.3) is 5.91 Å². The second-order valence-electron chi connectivity index (χ2n) is 7.19. The number of nitrogens with one attached hydrogen (secondary N) is 1. The summed E-state index contributed by atoms with van der Waals surface area (Å²) in [7, 11) is 0. The van der Waals surface area contributed by atoms with Gasteiger partial charge in [0, 0.05) is 22.3 Å². The first-order valence-corrected chi connectivity index (χ1v) is 9.62. The van der Waals surface area contributed by atoms with Crippen molar-refractivity contribution in [1.29, 1.82) is 0 Å². The average molecular weight is 415 g/mol. The summed E-state index contributed by atoms with van der Waals surface area (Å²) >= 11 is 3.47. The van der Waals surface area contributed by atoms with E-state index in [0.717, 1.165) is 21.3 Å². The minimum Gasteiger partial charge on any atom is -0.324 e. The summed E-state index contributed by atoms with van der Waals surface area (Å²) in [5.41, 5.74) is 3.48. The fraction of sp³-hybridized carbons (Fsp3) is 0.333. The lowest BCUT2D eigenvalue weighted by Gasteiger charge is -2.28. The number of anilines is 1. The third-order valence-electron chi connectivity index (χ3n) is 4.65. The lowest BCUT2D eigenvalue weighted by atomic mass is 10.0. The van der Waals surface area contributed by atoms with E-state index in [4.69, 9.17) is 0 Å². The number of carbonyl (C=O) groups is 2. The highest BCUT2D eigenvalue weighted by Crippen LogP contribution is 2.28. The average Bonchev–Trinajstić information content (AvgIpc) is 2.93. The maximum atomic E-state index is 13.0. The SMILES string of the molecule is Cc1cc(NC(=O)C(CC(C)C)N2Cc3ccccc3C2=O)ccc1Br. The minimum atomic E-state index is -0.487. The van der Waals surface area contributed by atoms with Crippen molar-refractivity contribution in [3.8, 4) is 0 Å². The summed E-state index contributed by atoms with van der Waals surface area (Å²) < 4.78 is 0.999. The summed E-state index contributed by atoms with van der Waals surface area (Å²) in [5.74, 6) is 0.101. The highest BCUT2D eigenvalue weighted by Gasteiger charge is 2.36. The number of halogens is 1. The Morgan fingerprint density at radius 3 is 2.62 bits per heavy atom. The zero-order valence-electron chi connectivity index (χ0n) is 15.3. The first kappa shape index (κ1) is 18.6. The van der Waals surface area contributed by atoms with Gasteiger partial charge in [-0.1, -0.05) is 48.0 Å². The molecule has 1 unspecified atom stereocenters. The van der Waals surface area contributed by atoms with Crippen LogP contribution in [-0.2, 0) is 11.3 Å². The van der Waals surface area contributed by atoms with Crippen molar-refractivity contribution in [3.63, 3.8) is 0 Å². The molecule has 1 N–H and O–H groups in total. The van der Waals surface area contributed by atoms with Crippen LogP contribution in [0.4, 0.5) is 5.69 Å². The Bertz CT molecular complexity index is 848. The summed E-state index contributed by atoms with van der Waals surface area (Å²) in [6.07, 6.45) is 0.626. The smallest absolute Gasteiger partial charge is 0.255 e. The number of rotatable bonds is 5. The molecule has 0 saturated carbocycles. The molecule has 0 saturated heterocycles. The summed E-state index contributed by atoms with van der Waals surface area (Å²) in [4.78, 5) is 27.5. The first-order valence-electron chi connectivity index (χ1n) is 8.82. The molecule has 3 rings (SSSR count). The van der Waals surface area contributed by atoms with Gasteiger partial charge in [-0.05, 0) is 54.7 Å². The molecule has 26 heavy (non-hydrogen) atoms. The van der Waals surface area contributed by atoms with Crippen LogP contribution in [-0.4, -0.2) is 22.8 Å². The molecule has 5 heteroatoms. The van der Waals surface area contributed by atoms with Gasteiger partial charge in [-0.25, -0.2) is 0 Å². The lowest BCUT2D eigenvalue weighted by molar-refractivity contribution is -0.121. The van der Waals surface area contributed by atoms with Gasteiger partial charge < -0.3 is 10.2 Å². The Labute approximate surface area is 162 Å². The lowest BCUT2D eigenvalue weighted by Crippen LogP contribution is -2.45. The number of fused-ring (bicyclic) bond motifs is 1. The van der Waals surface area contributed by atoms with Crippen LogP contribution in [0.3, 0.4) is 0 Å². The van der Waals surface area contributed by atoms with Gasteiger partial charge in [-0.2, -0.15) is 0 Å². The van der Waals surface area contributed by atoms with E-state index < -0.39 is 6.04 Å². The van der Waals surface area contributed by atoms with Crippen LogP contribution < -0.4 is 5.32 Å². The molecule has 0 aliphatic carbocycles. The van der Waals surface area contributed by atoms with E-state index in [1.807, 2.05) is 49.4 Å². The number of carbonyl (C=O) groups excluding carboxylic acids is 2. The topological polar surface area (TPSA) is 49.4 Å². The second kappa shape index (κ2) is 7.62. The quantitative estimate of drug-likeness (QED) is 0.765. The predicted octanol–water partition coefficient (Wildman–Crippen LogP) is 4.77. The Hall–Kier alpha value is -2.14.